The Labute approximate surface area is 138 Å². The van der Waals surface area contributed by atoms with Gasteiger partial charge in [0.1, 0.15) is 0 Å². The van der Waals surface area contributed by atoms with Crippen molar-refractivity contribution in [1.29, 1.82) is 0 Å². The predicted molar refractivity (Wildman–Crippen MR) is 96.2 cm³/mol. The number of nitrogens with one attached hydrogen (secondary N) is 2. The van der Waals surface area contributed by atoms with Gasteiger partial charge in [-0.3, -0.25) is 9.78 Å². The standard InChI is InChI=1S/C19H25N3O/c1-12(2)9-21-17-8-16(10-20-11-17)19(23)22-18-14(4)6-13(3)7-15(18)5/h6-8,10-12,21H,9H2,1-5H3,(H,22,23). The number of carbonyl (C=O) groups is 1. The van der Waals surface area contributed by atoms with Crippen molar-refractivity contribution in [3.05, 3.63) is 52.8 Å². The van der Waals surface area contributed by atoms with E-state index in [1.807, 2.05) is 19.9 Å². The number of rotatable bonds is 5. The van der Waals surface area contributed by atoms with Crippen molar-refractivity contribution in [3.63, 3.8) is 0 Å². The molecule has 0 fully saturated rings. The van der Waals surface area contributed by atoms with E-state index in [4.69, 9.17) is 0 Å². The first-order valence-corrected chi connectivity index (χ1v) is 7.95. The lowest BCUT2D eigenvalue weighted by molar-refractivity contribution is 0.102. The number of carbonyl (C=O) groups excluding carboxylic acids is 1. The predicted octanol–water partition coefficient (Wildman–Crippen LogP) is 4.33. The van der Waals surface area contributed by atoms with Crippen molar-refractivity contribution < 1.29 is 4.79 Å². The van der Waals surface area contributed by atoms with Crippen LogP contribution in [-0.2, 0) is 0 Å². The van der Waals surface area contributed by atoms with Crippen LogP contribution in [0.1, 0.15) is 40.9 Å². The van der Waals surface area contributed by atoms with Gasteiger partial charge in [-0.2, -0.15) is 0 Å². The van der Waals surface area contributed by atoms with E-state index in [0.717, 1.165) is 29.0 Å². The van der Waals surface area contributed by atoms with Crippen molar-refractivity contribution in [1.82, 2.24) is 4.98 Å². The van der Waals surface area contributed by atoms with E-state index in [1.165, 1.54) is 5.56 Å². The first-order chi connectivity index (χ1) is 10.9. The van der Waals surface area contributed by atoms with Crippen LogP contribution in [0.15, 0.2) is 30.6 Å². The van der Waals surface area contributed by atoms with Gasteiger partial charge in [-0.1, -0.05) is 31.5 Å². The van der Waals surface area contributed by atoms with Crippen molar-refractivity contribution in [2.24, 2.45) is 5.92 Å². The molecule has 0 radical (unpaired) electrons. The Morgan fingerprint density at radius 3 is 2.35 bits per heavy atom. The van der Waals surface area contributed by atoms with Crippen molar-refractivity contribution in [2.75, 3.05) is 17.2 Å². The van der Waals surface area contributed by atoms with Crippen molar-refractivity contribution in [2.45, 2.75) is 34.6 Å². The van der Waals surface area contributed by atoms with Gasteiger partial charge >= 0.3 is 0 Å². The second-order valence-corrected chi connectivity index (χ2v) is 6.46. The Morgan fingerprint density at radius 2 is 1.74 bits per heavy atom. The monoisotopic (exact) mass is 311 g/mol. The second-order valence-electron chi connectivity index (χ2n) is 6.46. The highest BCUT2D eigenvalue weighted by Gasteiger charge is 2.11. The summed E-state index contributed by atoms with van der Waals surface area (Å²) in [5.74, 6) is 0.395. The molecule has 2 rings (SSSR count). The summed E-state index contributed by atoms with van der Waals surface area (Å²) in [7, 11) is 0. The Kier molecular flexibility index (Phi) is 5.37. The number of benzene rings is 1. The molecular weight excluding hydrogens is 286 g/mol. The Morgan fingerprint density at radius 1 is 1.09 bits per heavy atom. The fraction of sp³-hybridized carbons (Fsp3) is 0.368. The molecule has 0 unspecified atom stereocenters. The van der Waals surface area contributed by atoms with Crippen LogP contribution in [0.2, 0.25) is 0 Å². The van der Waals surface area contributed by atoms with Gasteiger partial charge in [-0.25, -0.2) is 0 Å². The smallest absolute Gasteiger partial charge is 0.257 e. The molecule has 0 aliphatic rings. The summed E-state index contributed by atoms with van der Waals surface area (Å²) in [6.45, 7) is 11.2. The Bertz CT molecular complexity index is 685. The molecule has 0 saturated heterocycles. The van der Waals surface area contributed by atoms with Gasteiger partial charge in [0.2, 0.25) is 0 Å². The van der Waals surface area contributed by atoms with Crippen LogP contribution in [0.25, 0.3) is 0 Å². The van der Waals surface area contributed by atoms with E-state index >= 15 is 0 Å². The first kappa shape index (κ1) is 17.0. The molecule has 0 atom stereocenters. The second kappa shape index (κ2) is 7.27. The summed E-state index contributed by atoms with van der Waals surface area (Å²) in [4.78, 5) is 16.7. The minimum atomic E-state index is -0.138. The zero-order valence-corrected chi connectivity index (χ0v) is 14.5. The van der Waals surface area contributed by atoms with Crippen LogP contribution in [0, 0.1) is 26.7 Å². The molecule has 122 valence electrons. The number of aromatic nitrogens is 1. The lowest BCUT2D eigenvalue weighted by atomic mass is 10.0. The average molecular weight is 311 g/mol. The summed E-state index contributed by atoms with van der Waals surface area (Å²) in [6, 6.07) is 5.98. The molecule has 0 aliphatic heterocycles. The average Bonchev–Trinajstić information content (AvgIpc) is 2.49. The number of nitrogens with zero attached hydrogens (tertiary/aromatic N) is 1. The normalized spacial score (nSPS) is 10.7. The van der Waals surface area contributed by atoms with E-state index < -0.39 is 0 Å². The molecule has 4 nitrogen and oxygen atoms in total. The fourth-order valence-electron chi connectivity index (χ4n) is 2.55. The zero-order valence-electron chi connectivity index (χ0n) is 14.5. The maximum absolute atomic E-state index is 12.5. The third-order valence-electron chi connectivity index (χ3n) is 3.63. The highest BCUT2D eigenvalue weighted by atomic mass is 16.1. The molecule has 1 amide bonds. The number of hydrogen-bond acceptors (Lipinski definition) is 3. The van der Waals surface area contributed by atoms with Crippen LogP contribution in [0.4, 0.5) is 11.4 Å². The zero-order chi connectivity index (χ0) is 17.0. The van der Waals surface area contributed by atoms with Gasteiger partial charge < -0.3 is 10.6 Å². The number of hydrogen-bond donors (Lipinski definition) is 2. The lowest BCUT2D eigenvalue weighted by Crippen LogP contribution is -2.15. The largest absolute Gasteiger partial charge is 0.384 e. The van der Waals surface area contributed by atoms with Gasteiger partial charge in [0.15, 0.2) is 0 Å². The summed E-state index contributed by atoms with van der Waals surface area (Å²) in [5.41, 5.74) is 5.62. The maximum atomic E-state index is 12.5. The van der Waals surface area contributed by atoms with Crippen LogP contribution < -0.4 is 10.6 Å². The molecule has 2 aromatic rings. The van der Waals surface area contributed by atoms with Crippen LogP contribution >= 0.6 is 0 Å². The van der Waals surface area contributed by atoms with Gasteiger partial charge in [-0.15, -0.1) is 0 Å². The Balaban J connectivity index is 2.17. The molecule has 4 heteroatoms. The summed E-state index contributed by atoms with van der Waals surface area (Å²) in [6.07, 6.45) is 3.33. The third kappa shape index (κ3) is 4.55. The van der Waals surface area contributed by atoms with E-state index in [0.29, 0.717) is 11.5 Å². The quantitative estimate of drug-likeness (QED) is 0.864. The molecule has 1 aromatic carbocycles. The fourth-order valence-corrected chi connectivity index (χ4v) is 2.55. The lowest BCUT2D eigenvalue weighted by Gasteiger charge is -2.13. The van der Waals surface area contributed by atoms with Crippen LogP contribution in [-0.4, -0.2) is 17.4 Å². The minimum Gasteiger partial charge on any atom is -0.384 e. The first-order valence-electron chi connectivity index (χ1n) is 7.95. The molecule has 2 N–H and O–H groups in total. The molecular formula is C19H25N3O. The van der Waals surface area contributed by atoms with Gasteiger partial charge in [-0.05, 0) is 43.9 Å². The number of pyridine rings is 1. The van der Waals surface area contributed by atoms with Gasteiger partial charge in [0, 0.05) is 24.6 Å². The summed E-state index contributed by atoms with van der Waals surface area (Å²) < 4.78 is 0. The van der Waals surface area contributed by atoms with Gasteiger partial charge in [0.05, 0.1) is 11.3 Å². The minimum absolute atomic E-state index is 0.138. The topological polar surface area (TPSA) is 54.0 Å². The molecule has 1 heterocycles. The SMILES string of the molecule is Cc1cc(C)c(NC(=O)c2cncc(NCC(C)C)c2)c(C)c1. The highest BCUT2D eigenvalue weighted by molar-refractivity contribution is 6.05. The summed E-state index contributed by atoms with van der Waals surface area (Å²) in [5, 5.41) is 6.30. The summed E-state index contributed by atoms with van der Waals surface area (Å²) >= 11 is 0. The molecule has 0 spiro atoms. The van der Waals surface area contributed by atoms with E-state index in [-0.39, 0.29) is 5.91 Å². The highest BCUT2D eigenvalue weighted by Crippen LogP contribution is 2.23. The van der Waals surface area contributed by atoms with Gasteiger partial charge in [0.25, 0.3) is 5.91 Å². The van der Waals surface area contributed by atoms with Crippen LogP contribution in [0.5, 0.6) is 0 Å². The third-order valence-corrected chi connectivity index (χ3v) is 3.63. The molecule has 23 heavy (non-hydrogen) atoms. The van der Waals surface area contributed by atoms with Crippen LogP contribution in [0.3, 0.4) is 0 Å². The van der Waals surface area contributed by atoms with E-state index in [9.17, 15) is 4.79 Å². The number of amides is 1. The molecule has 0 aliphatic carbocycles. The van der Waals surface area contributed by atoms with Crippen molar-refractivity contribution >= 4 is 17.3 Å². The van der Waals surface area contributed by atoms with Crippen molar-refractivity contribution in [3.8, 4) is 0 Å². The maximum Gasteiger partial charge on any atom is 0.257 e. The van der Waals surface area contributed by atoms with E-state index in [1.54, 1.807) is 12.4 Å². The van der Waals surface area contributed by atoms with E-state index in [2.05, 4.69) is 48.5 Å². The number of anilines is 2. The number of aryl methyl sites for hydroxylation is 3. The molecule has 0 saturated carbocycles. The molecule has 0 bridgehead atoms. The molecule has 1 aromatic heterocycles. The Hall–Kier alpha value is -2.36.